The predicted molar refractivity (Wildman–Crippen MR) is 105 cm³/mol. The number of rotatable bonds is 10. The summed E-state index contributed by atoms with van der Waals surface area (Å²) < 4.78 is 6.81. The van der Waals surface area contributed by atoms with Crippen LogP contribution in [0.5, 0.6) is 5.75 Å². The van der Waals surface area contributed by atoms with Gasteiger partial charge in [-0.05, 0) is 43.5 Å². The van der Waals surface area contributed by atoms with Crippen molar-refractivity contribution in [3.8, 4) is 5.75 Å². The van der Waals surface area contributed by atoms with Gasteiger partial charge in [-0.25, -0.2) is 0 Å². The molecule has 0 unspecified atom stereocenters. The summed E-state index contributed by atoms with van der Waals surface area (Å²) >= 11 is 0. The molecule has 7 heteroatoms. The zero-order valence-electron chi connectivity index (χ0n) is 16.1. The van der Waals surface area contributed by atoms with E-state index in [1.165, 1.54) is 0 Å². The number of aromatic nitrogens is 1. The van der Waals surface area contributed by atoms with Gasteiger partial charge in [0, 0.05) is 30.6 Å². The molecule has 2 amide bonds. The van der Waals surface area contributed by atoms with Crippen LogP contribution >= 0.6 is 0 Å². The summed E-state index contributed by atoms with van der Waals surface area (Å²) in [7, 11) is 1.58. The van der Waals surface area contributed by atoms with Crippen molar-refractivity contribution in [1.82, 2.24) is 15.2 Å². The Morgan fingerprint density at radius 3 is 2.41 bits per heavy atom. The first-order valence-electron chi connectivity index (χ1n) is 9.17. The third-order valence-electron chi connectivity index (χ3n) is 4.60. The standard InChI is InChI=1S/C20H27N3O4/c1-4-19(25)21-9-5-6-10-22-20(26)12-16-14(2)23(13-24)18-8-7-15(27-3)11-17(16)18/h7-8,11,13H,4-6,9-10,12H2,1-3H3,(H,21,25)(H,22,26). The Morgan fingerprint density at radius 2 is 1.81 bits per heavy atom. The lowest BCUT2D eigenvalue weighted by Crippen LogP contribution is -2.28. The van der Waals surface area contributed by atoms with Gasteiger partial charge in [0.15, 0.2) is 0 Å². The molecule has 0 aliphatic rings. The minimum absolute atomic E-state index is 0.0384. The topological polar surface area (TPSA) is 89.4 Å². The average Bonchev–Trinajstić information content (AvgIpc) is 2.94. The molecule has 1 heterocycles. The molecule has 0 saturated carbocycles. The van der Waals surface area contributed by atoms with Gasteiger partial charge in [-0.15, -0.1) is 0 Å². The molecule has 0 fully saturated rings. The van der Waals surface area contributed by atoms with Crippen LogP contribution < -0.4 is 15.4 Å². The fraction of sp³-hybridized carbons (Fsp3) is 0.450. The van der Waals surface area contributed by atoms with Crippen LogP contribution in [0.1, 0.15) is 37.4 Å². The number of nitrogens with zero attached hydrogens (tertiary/aromatic N) is 1. The number of hydrogen-bond acceptors (Lipinski definition) is 4. The number of ether oxygens (including phenoxy) is 1. The molecule has 1 aromatic carbocycles. The van der Waals surface area contributed by atoms with Gasteiger partial charge in [-0.3, -0.25) is 19.0 Å². The van der Waals surface area contributed by atoms with E-state index < -0.39 is 0 Å². The van der Waals surface area contributed by atoms with E-state index in [-0.39, 0.29) is 18.2 Å². The van der Waals surface area contributed by atoms with Crippen LogP contribution in [0.3, 0.4) is 0 Å². The third-order valence-corrected chi connectivity index (χ3v) is 4.60. The van der Waals surface area contributed by atoms with Crippen LogP contribution in [0.2, 0.25) is 0 Å². The lowest BCUT2D eigenvalue weighted by atomic mass is 10.1. The van der Waals surface area contributed by atoms with Crippen molar-refractivity contribution in [2.24, 2.45) is 0 Å². The number of methoxy groups -OCH3 is 1. The first kappa shape index (κ1) is 20.5. The Bertz CT molecular complexity index is 826. The second-order valence-electron chi connectivity index (χ2n) is 6.36. The van der Waals surface area contributed by atoms with Gasteiger partial charge >= 0.3 is 0 Å². The van der Waals surface area contributed by atoms with E-state index in [0.29, 0.717) is 25.3 Å². The molecule has 7 nitrogen and oxygen atoms in total. The lowest BCUT2D eigenvalue weighted by Gasteiger charge is -2.07. The summed E-state index contributed by atoms with van der Waals surface area (Å²) in [5.74, 6) is 0.626. The van der Waals surface area contributed by atoms with Crippen LogP contribution in [-0.4, -0.2) is 43.0 Å². The maximum atomic E-state index is 12.3. The molecule has 0 saturated heterocycles. The minimum Gasteiger partial charge on any atom is -0.497 e. The van der Waals surface area contributed by atoms with Crippen molar-refractivity contribution >= 4 is 29.1 Å². The van der Waals surface area contributed by atoms with Crippen molar-refractivity contribution in [3.63, 3.8) is 0 Å². The fourth-order valence-corrected chi connectivity index (χ4v) is 3.03. The van der Waals surface area contributed by atoms with Gasteiger partial charge in [-0.1, -0.05) is 6.92 Å². The van der Waals surface area contributed by atoms with E-state index in [4.69, 9.17) is 4.74 Å². The molecule has 2 N–H and O–H groups in total. The SMILES string of the molecule is CCC(=O)NCCCCNC(=O)Cc1c(C)n(C=O)c2ccc(OC)cc12. The van der Waals surface area contributed by atoms with Crippen molar-refractivity contribution in [2.45, 2.75) is 39.5 Å². The van der Waals surface area contributed by atoms with Gasteiger partial charge < -0.3 is 15.4 Å². The monoisotopic (exact) mass is 373 g/mol. The van der Waals surface area contributed by atoms with Gasteiger partial charge in [0.2, 0.25) is 18.2 Å². The second-order valence-corrected chi connectivity index (χ2v) is 6.36. The summed E-state index contributed by atoms with van der Waals surface area (Å²) in [6.45, 7) is 4.82. The minimum atomic E-state index is -0.0940. The Hall–Kier alpha value is -2.83. The lowest BCUT2D eigenvalue weighted by molar-refractivity contribution is -0.121. The molecule has 0 aliphatic heterocycles. The Kier molecular flexibility index (Phi) is 7.40. The fourth-order valence-electron chi connectivity index (χ4n) is 3.03. The molecule has 146 valence electrons. The predicted octanol–water partition coefficient (Wildman–Crippen LogP) is 1.96. The number of fused-ring (bicyclic) bond motifs is 1. The number of unbranched alkanes of at least 4 members (excludes halogenated alkanes) is 1. The third kappa shape index (κ3) is 5.09. The highest BCUT2D eigenvalue weighted by Crippen LogP contribution is 2.29. The van der Waals surface area contributed by atoms with E-state index >= 15 is 0 Å². The number of nitrogens with one attached hydrogen (secondary N) is 2. The highest BCUT2D eigenvalue weighted by atomic mass is 16.5. The second kappa shape index (κ2) is 9.75. The Labute approximate surface area is 159 Å². The summed E-state index contributed by atoms with van der Waals surface area (Å²) in [5.41, 5.74) is 2.34. The Morgan fingerprint density at radius 1 is 1.15 bits per heavy atom. The molecule has 0 spiro atoms. The highest BCUT2D eigenvalue weighted by Gasteiger charge is 2.17. The number of carbonyl (C=O) groups excluding carboxylic acids is 3. The van der Waals surface area contributed by atoms with E-state index in [0.717, 1.165) is 41.4 Å². The van der Waals surface area contributed by atoms with Crippen molar-refractivity contribution in [3.05, 3.63) is 29.5 Å². The molecule has 2 aromatic rings. The van der Waals surface area contributed by atoms with E-state index in [1.807, 2.05) is 26.0 Å². The van der Waals surface area contributed by atoms with E-state index in [2.05, 4.69) is 10.6 Å². The molecule has 27 heavy (non-hydrogen) atoms. The van der Waals surface area contributed by atoms with E-state index in [9.17, 15) is 14.4 Å². The van der Waals surface area contributed by atoms with Gasteiger partial charge in [0.25, 0.3) is 0 Å². The highest BCUT2D eigenvalue weighted by molar-refractivity contribution is 5.94. The normalized spacial score (nSPS) is 10.6. The van der Waals surface area contributed by atoms with E-state index in [1.54, 1.807) is 17.7 Å². The van der Waals surface area contributed by atoms with Crippen LogP contribution in [0.15, 0.2) is 18.2 Å². The number of hydrogen-bond donors (Lipinski definition) is 2. The summed E-state index contributed by atoms with van der Waals surface area (Å²) in [5, 5.41) is 6.55. The van der Waals surface area contributed by atoms with Crippen molar-refractivity contribution < 1.29 is 19.1 Å². The van der Waals surface area contributed by atoms with Gasteiger partial charge in [0.05, 0.1) is 19.0 Å². The van der Waals surface area contributed by atoms with Crippen molar-refractivity contribution in [2.75, 3.05) is 20.2 Å². The van der Waals surface area contributed by atoms with Crippen LogP contribution in [0, 0.1) is 6.92 Å². The maximum absolute atomic E-state index is 12.3. The summed E-state index contributed by atoms with van der Waals surface area (Å²) in [6.07, 6.45) is 3.04. The first-order chi connectivity index (χ1) is 13.0. The number of benzene rings is 1. The average molecular weight is 373 g/mol. The van der Waals surface area contributed by atoms with Crippen LogP contribution in [-0.2, 0) is 20.8 Å². The maximum Gasteiger partial charge on any atom is 0.224 e. The quantitative estimate of drug-likeness (QED) is 0.492. The summed E-state index contributed by atoms with van der Waals surface area (Å²) in [6, 6.07) is 5.46. The molecule has 0 aliphatic carbocycles. The largest absolute Gasteiger partial charge is 0.497 e. The molecule has 2 rings (SSSR count). The van der Waals surface area contributed by atoms with Crippen LogP contribution in [0.25, 0.3) is 10.9 Å². The number of amides is 2. The molecular weight excluding hydrogens is 346 g/mol. The van der Waals surface area contributed by atoms with Crippen molar-refractivity contribution in [1.29, 1.82) is 0 Å². The molecule has 1 aromatic heterocycles. The van der Waals surface area contributed by atoms with Gasteiger partial charge in [-0.2, -0.15) is 0 Å². The molecular formula is C20H27N3O4. The molecule has 0 radical (unpaired) electrons. The van der Waals surface area contributed by atoms with Crippen LogP contribution in [0.4, 0.5) is 0 Å². The zero-order chi connectivity index (χ0) is 19.8. The molecule has 0 atom stereocenters. The zero-order valence-corrected chi connectivity index (χ0v) is 16.1. The Balaban J connectivity index is 1.97. The number of carbonyl (C=O) groups is 3. The summed E-state index contributed by atoms with van der Waals surface area (Å²) in [4.78, 5) is 34.9. The first-order valence-corrected chi connectivity index (χ1v) is 9.17. The smallest absolute Gasteiger partial charge is 0.224 e. The van der Waals surface area contributed by atoms with Gasteiger partial charge in [0.1, 0.15) is 5.75 Å². The molecule has 0 bridgehead atoms.